The maximum absolute atomic E-state index is 13.2. The Labute approximate surface area is 125 Å². The lowest BCUT2D eigenvalue weighted by Crippen LogP contribution is -2.44. The molecule has 1 aliphatic heterocycles. The molecule has 0 radical (unpaired) electrons. The molecule has 0 amide bonds. The second-order valence-electron chi connectivity index (χ2n) is 4.16. The summed E-state index contributed by atoms with van der Waals surface area (Å²) < 4.78 is 13.2. The first-order valence-electron chi connectivity index (χ1n) is 5.57. The van der Waals surface area contributed by atoms with Crippen LogP contribution < -0.4 is 5.32 Å². The van der Waals surface area contributed by atoms with Gasteiger partial charge in [-0.15, -0.1) is 24.8 Å². The fourth-order valence-electron chi connectivity index (χ4n) is 2.10. The van der Waals surface area contributed by atoms with Gasteiger partial charge in [-0.1, -0.05) is 11.6 Å². The summed E-state index contributed by atoms with van der Waals surface area (Å²) in [5.41, 5.74) is 0.951. The fraction of sp³-hybridized carbons (Fsp3) is 0.500. The zero-order chi connectivity index (χ0) is 11.5. The van der Waals surface area contributed by atoms with Crippen molar-refractivity contribution in [1.82, 2.24) is 10.2 Å². The van der Waals surface area contributed by atoms with Gasteiger partial charge in [0.1, 0.15) is 5.82 Å². The third-order valence-electron chi connectivity index (χ3n) is 3.07. The van der Waals surface area contributed by atoms with Crippen molar-refractivity contribution in [3.8, 4) is 0 Å². The maximum Gasteiger partial charge on any atom is 0.125 e. The van der Waals surface area contributed by atoms with Crippen LogP contribution in [0.3, 0.4) is 0 Å². The Bertz CT molecular complexity index is 350. The molecule has 0 saturated carbocycles. The van der Waals surface area contributed by atoms with Gasteiger partial charge >= 0.3 is 0 Å². The molecule has 0 aliphatic carbocycles. The van der Waals surface area contributed by atoms with Crippen molar-refractivity contribution >= 4 is 36.4 Å². The first-order valence-corrected chi connectivity index (χ1v) is 5.95. The normalized spacial score (nSPS) is 17.5. The average molecular weight is 316 g/mol. The Morgan fingerprint density at radius 1 is 1.22 bits per heavy atom. The summed E-state index contributed by atoms with van der Waals surface area (Å²) in [6.07, 6.45) is 0. The second kappa shape index (κ2) is 8.18. The molecule has 1 aliphatic rings. The minimum Gasteiger partial charge on any atom is -0.314 e. The lowest BCUT2D eigenvalue weighted by molar-refractivity contribution is 0.185. The summed E-state index contributed by atoms with van der Waals surface area (Å²) in [6.45, 7) is 6.07. The van der Waals surface area contributed by atoms with Crippen molar-refractivity contribution in [2.75, 3.05) is 26.2 Å². The Morgan fingerprint density at radius 2 is 1.83 bits per heavy atom. The minimum atomic E-state index is -0.260. The van der Waals surface area contributed by atoms with Crippen LogP contribution in [0.5, 0.6) is 0 Å². The third-order valence-corrected chi connectivity index (χ3v) is 3.28. The summed E-state index contributed by atoms with van der Waals surface area (Å²) in [5, 5.41) is 3.77. The smallest absolute Gasteiger partial charge is 0.125 e. The highest BCUT2D eigenvalue weighted by atomic mass is 35.5. The van der Waals surface area contributed by atoms with Crippen molar-refractivity contribution in [2.24, 2.45) is 0 Å². The van der Waals surface area contributed by atoms with Crippen LogP contribution in [0.25, 0.3) is 0 Å². The van der Waals surface area contributed by atoms with E-state index >= 15 is 0 Å². The van der Waals surface area contributed by atoms with E-state index in [-0.39, 0.29) is 36.7 Å². The SMILES string of the molecule is C[C@H](c1cc(F)cc(Cl)c1)N1CCNCC1.Cl.Cl. The van der Waals surface area contributed by atoms with E-state index in [0.717, 1.165) is 31.7 Å². The molecule has 18 heavy (non-hydrogen) atoms. The zero-order valence-electron chi connectivity index (χ0n) is 10.2. The van der Waals surface area contributed by atoms with Crippen LogP contribution in [-0.2, 0) is 0 Å². The molecule has 1 saturated heterocycles. The van der Waals surface area contributed by atoms with E-state index < -0.39 is 0 Å². The molecule has 1 aromatic rings. The standard InChI is InChI=1S/C12H16ClFN2.2ClH/c1-9(16-4-2-15-3-5-16)10-6-11(13)8-12(14)7-10;;/h6-9,15H,2-5H2,1H3;2*1H/t9-;;/m1../s1. The zero-order valence-corrected chi connectivity index (χ0v) is 12.5. The highest BCUT2D eigenvalue weighted by molar-refractivity contribution is 6.30. The van der Waals surface area contributed by atoms with E-state index in [2.05, 4.69) is 17.1 Å². The first-order chi connectivity index (χ1) is 7.66. The minimum absolute atomic E-state index is 0. The molecule has 0 bridgehead atoms. The molecule has 0 aromatic heterocycles. The molecule has 1 atom stereocenters. The van der Waals surface area contributed by atoms with Crippen LogP contribution >= 0.6 is 36.4 Å². The van der Waals surface area contributed by atoms with Gasteiger partial charge in [0, 0.05) is 37.2 Å². The largest absolute Gasteiger partial charge is 0.314 e. The van der Waals surface area contributed by atoms with Crippen LogP contribution in [-0.4, -0.2) is 31.1 Å². The number of piperazine rings is 1. The number of halogens is 4. The molecule has 0 spiro atoms. The molecule has 1 heterocycles. The lowest BCUT2D eigenvalue weighted by atomic mass is 10.1. The molecule has 0 unspecified atom stereocenters. The number of nitrogens with one attached hydrogen (secondary N) is 1. The predicted octanol–water partition coefficient (Wildman–Crippen LogP) is 3.29. The van der Waals surface area contributed by atoms with Gasteiger partial charge in [-0.05, 0) is 30.7 Å². The summed E-state index contributed by atoms with van der Waals surface area (Å²) in [7, 11) is 0. The molecule has 2 nitrogen and oxygen atoms in total. The number of nitrogens with zero attached hydrogens (tertiary/aromatic N) is 1. The van der Waals surface area contributed by atoms with Crippen LogP contribution in [0.2, 0.25) is 5.02 Å². The lowest BCUT2D eigenvalue weighted by Gasteiger charge is -2.33. The van der Waals surface area contributed by atoms with Gasteiger partial charge in [0.05, 0.1) is 0 Å². The Kier molecular flexibility index (Phi) is 8.15. The fourth-order valence-corrected chi connectivity index (χ4v) is 2.33. The molecular formula is C12H18Cl3FN2. The van der Waals surface area contributed by atoms with Crippen LogP contribution in [0.4, 0.5) is 4.39 Å². The van der Waals surface area contributed by atoms with Gasteiger partial charge in [-0.3, -0.25) is 4.90 Å². The van der Waals surface area contributed by atoms with Crippen LogP contribution in [0.1, 0.15) is 18.5 Å². The Hall–Kier alpha value is -0.0600. The van der Waals surface area contributed by atoms with Crippen molar-refractivity contribution in [2.45, 2.75) is 13.0 Å². The van der Waals surface area contributed by atoms with Gasteiger partial charge in [0.2, 0.25) is 0 Å². The Balaban J connectivity index is 0.00000144. The molecule has 2 rings (SSSR count). The average Bonchev–Trinajstić information content (AvgIpc) is 2.28. The summed E-state index contributed by atoms with van der Waals surface area (Å²) in [4.78, 5) is 2.33. The highest BCUT2D eigenvalue weighted by Crippen LogP contribution is 2.24. The summed E-state index contributed by atoms with van der Waals surface area (Å²) in [5.74, 6) is -0.260. The summed E-state index contributed by atoms with van der Waals surface area (Å²) in [6, 6.07) is 4.97. The number of hydrogen-bond donors (Lipinski definition) is 1. The molecule has 1 fully saturated rings. The van der Waals surface area contributed by atoms with Crippen molar-refractivity contribution in [3.05, 3.63) is 34.6 Å². The topological polar surface area (TPSA) is 15.3 Å². The van der Waals surface area contributed by atoms with E-state index in [1.54, 1.807) is 6.07 Å². The third kappa shape index (κ3) is 4.56. The van der Waals surface area contributed by atoms with E-state index in [0.29, 0.717) is 5.02 Å². The second-order valence-corrected chi connectivity index (χ2v) is 4.60. The maximum atomic E-state index is 13.2. The highest BCUT2D eigenvalue weighted by Gasteiger charge is 2.18. The molecule has 6 heteroatoms. The van der Waals surface area contributed by atoms with Crippen LogP contribution in [0, 0.1) is 5.82 Å². The molecule has 1 aromatic carbocycles. The van der Waals surface area contributed by atoms with E-state index in [4.69, 9.17) is 11.6 Å². The molecular weight excluding hydrogens is 298 g/mol. The van der Waals surface area contributed by atoms with Crippen LogP contribution in [0.15, 0.2) is 18.2 Å². The van der Waals surface area contributed by atoms with Gasteiger partial charge in [0.25, 0.3) is 0 Å². The number of hydrogen-bond acceptors (Lipinski definition) is 2. The summed E-state index contributed by atoms with van der Waals surface area (Å²) >= 11 is 5.86. The van der Waals surface area contributed by atoms with Crippen molar-refractivity contribution < 1.29 is 4.39 Å². The number of benzene rings is 1. The van der Waals surface area contributed by atoms with Gasteiger partial charge in [-0.25, -0.2) is 4.39 Å². The predicted molar refractivity (Wildman–Crippen MR) is 78.8 cm³/mol. The van der Waals surface area contributed by atoms with Gasteiger partial charge in [0.15, 0.2) is 0 Å². The number of rotatable bonds is 2. The van der Waals surface area contributed by atoms with E-state index in [1.807, 2.05) is 6.07 Å². The quantitative estimate of drug-likeness (QED) is 0.901. The van der Waals surface area contributed by atoms with Crippen molar-refractivity contribution in [1.29, 1.82) is 0 Å². The monoisotopic (exact) mass is 314 g/mol. The van der Waals surface area contributed by atoms with Crippen molar-refractivity contribution in [3.63, 3.8) is 0 Å². The molecule has 1 N–H and O–H groups in total. The Morgan fingerprint density at radius 3 is 2.39 bits per heavy atom. The van der Waals surface area contributed by atoms with Gasteiger partial charge < -0.3 is 5.32 Å². The van der Waals surface area contributed by atoms with E-state index in [1.165, 1.54) is 6.07 Å². The van der Waals surface area contributed by atoms with E-state index in [9.17, 15) is 4.39 Å². The first kappa shape index (κ1) is 17.9. The molecule has 104 valence electrons. The van der Waals surface area contributed by atoms with Gasteiger partial charge in [-0.2, -0.15) is 0 Å².